The smallest absolute Gasteiger partial charge is 0.295 e. The van der Waals surface area contributed by atoms with Gasteiger partial charge < -0.3 is 14.7 Å². The normalized spacial score (nSPS) is 23.7. The lowest BCUT2D eigenvalue weighted by Crippen LogP contribution is -2.36. The first-order valence-electron chi connectivity index (χ1n) is 9.37. The Bertz CT molecular complexity index is 965. The molecule has 1 N–H and O–H groups in total. The van der Waals surface area contributed by atoms with Crippen LogP contribution in [-0.2, 0) is 14.3 Å². The Balaban J connectivity index is 1.81. The predicted molar refractivity (Wildman–Crippen MR) is 109 cm³/mol. The first-order chi connectivity index (χ1) is 14.0. The zero-order valence-electron chi connectivity index (χ0n) is 15.5. The molecule has 0 bridgehead atoms. The highest BCUT2D eigenvalue weighted by atomic mass is 79.9. The number of ether oxygens (including phenoxy) is 1. The Kier molecular flexibility index (Phi) is 5.52. The number of aliphatic hydroxyl groups excluding tert-OH is 1. The number of hydrogen-bond donors (Lipinski definition) is 1. The molecule has 2 saturated heterocycles. The van der Waals surface area contributed by atoms with Gasteiger partial charge in [-0.25, -0.2) is 4.39 Å². The summed E-state index contributed by atoms with van der Waals surface area (Å²) in [5, 5.41) is 10.9. The molecule has 0 aliphatic carbocycles. The van der Waals surface area contributed by atoms with E-state index in [1.807, 2.05) is 0 Å². The number of aliphatic hydroxyl groups is 1. The zero-order chi connectivity index (χ0) is 20.5. The number of hydrogen-bond acceptors (Lipinski definition) is 4. The van der Waals surface area contributed by atoms with Crippen LogP contribution in [0.1, 0.15) is 30.0 Å². The SMILES string of the molecule is O=C1C(=O)N(C[C@@H]2CCCO2)[C@@H](c2ccc(F)cc2)C1=C(O)c1ccc(Br)cc1. The van der Waals surface area contributed by atoms with Gasteiger partial charge in [-0.1, -0.05) is 40.2 Å². The van der Waals surface area contributed by atoms with Gasteiger partial charge in [-0.2, -0.15) is 0 Å². The average Bonchev–Trinajstić information content (AvgIpc) is 3.31. The highest BCUT2D eigenvalue weighted by molar-refractivity contribution is 9.10. The molecule has 2 heterocycles. The Labute approximate surface area is 175 Å². The van der Waals surface area contributed by atoms with Crippen molar-refractivity contribution in [2.75, 3.05) is 13.2 Å². The Hall–Kier alpha value is -2.51. The topological polar surface area (TPSA) is 66.8 Å². The van der Waals surface area contributed by atoms with Gasteiger partial charge in [0.1, 0.15) is 11.6 Å². The van der Waals surface area contributed by atoms with Gasteiger partial charge in [0.2, 0.25) is 0 Å². The van der Waals surface area contributed by atoms with E-state index >= 15 is 0 Å². The van der Waals surface area contributed by atoms with Crippen molar-refractivity contribution in [2.24, 2.45) is 0 Å². The standard InChI is InChI=1S/C22H19BrFNO4/c23-15-7-3-14(4-8-15)20(26)18-19(13-5-9-16(24)10-6-13)25(22(28)21(18)27)12-17-2-1-11-29-17/h3-10,17,19,26H,1-2,11-12H2/t17-,19-/m0/s1. The molecule has 7 heteroatoms. The van der Waals surface area contributed by atoms with Crippen molar-refractivity contribution in [2.45, 2.75) is 25.0 Å². The van der Waals surface area contributed by atoms with E-state index in [0.29, 0.717) is 17.7 Å². The lowest BCUT2D eigenvalue weighted by Gasteiger charge is -2.27. The number of benzene rings is 2. The molecule has 29 heavy (non-hydrogen) atoms. The van der Waals surface area contributed by atoms with Crippen LogP contribution in [0.2, 0.25) is 0 Å². The molecule has 1 amide bonds. The molecule has 2 aliphatic rings. The van der Waals surface area contributed by atoms with Crippen LogP contribution < -0.4 is 0 Å². The fourth-order valence-electron chi connectivity index (χ4n) is 3.83. The molecule has 2 atom stereocenters. The molecule has 4 rings (SSSR count). The van der Waals surface area contributed by atoms with Crippen molar-refractivity contribution in [3.63, 3.8) is 0 Å². The van der Waals surface area contributed by atoms with Crippen LogP contribution in [0.4, 0.5) is 4.39 Å². The highest BCUT2D eigenvalue weighted by Crippen LogP contribution is 2.40. The first kappa shape index (κ1) is 19.8. The maximum absolute atomic E-state index is 13.5. The summed E-state index contributed by atoms with van der Waals surface area (Å²) in [4.78, 5) is 27.2. The van der Waals surface area contributed by atoms with Gasteiger partial charge in [-0.15, -0.1) is 0 Å². The quantitative estimate of drug-likeness (QED) is 0.422. The van der Waals surface area contributed by atoms with Crippen LogP contribution in [-0.4, -0.2) is 41.0 Å². The van der Waals surface area contributed by atoms with Crippen LogP contribution in [0.5, 0.6) is 0 Å². The number of Topliss-reactive ketones (excluding diaryl/α,β-unsaturated/α-hetero) is 1. The van der Waals surface area contributed by atoms with Gasteiger partial charge >= 0.3 is 0 Å². The van der Waals surface area contributed by atoms with Crippen LogP contribution in [0.3, 0.4) is 0 Å². The predicted octanol–water partition coefficient (Wildman–Crippen LogP) is 4.19. The molecule has 2 aromatic rings. The molecular weight excluding hydrogens is 441 g/mol. The molecule has 0 spiro atoms. The van der Waals surface area contributed by atoms with E-state index in [-0.39, 0.29) is 24.0 Å². The number of likely N-dealkylation sites (tertiary alicyclic amines) is 1. The minimum Gasteiger partial charge on any atom is -0.507 e. The van der Waals surface area contributed by atoms with Crippen LogP contribution in [0.15, 0.2) is 58.6 Å². The lowest BCUT2D eigenvalue weighted by atomic mass is 9.95. The van der Waals surface area contributed by atoms with Crippen molar-refractivity contribution < 1.29 is 23.8 Å². The molecule has 0 radical (unpaired) electrons. The van der Waals surface area contributed by atoms with Crippen molar-refractivity contribution >= 4 is 33.4 Å². The first-order valence-corrected chi connectivity index (χ1v) is 10.2. The van der Waals surface area contributed by atoms with Crippen LogP contribution in [0, 0.1) is 5.82 Å². The second-order valence-electron chi connectivity index (χ2n) is 7.14. The summed E-state index contributed by atoms with van der Waals surface area (Å²) in [6, 6.07) is 11.6. The van der Waals surface area contributed by atoms with E-state index in [9.17, 15) is 19.1 Å². The largest absolute Gasteiger partial charge is 0.507 e. The number of carbonyl (C=O) groups excluding carboxylic acids is 2. The summed E-state index contributed by atoms with van der Waals surface area (Å²) in [5.74, 6) is -2.11. The Morgan fingerprint density at radius 2 is 1.83 bits per heavy atom. The fraction of sp³-hybridized carbons (Fsp3) is 0.273. The molecule has 2 aliphatic heterocycles. The van der Waals surface area contributed by atoms with Gasteiger partial charge in [0.15, 0.2) is 0 Å². The monoisotopic (exact) mass is 459 g/mol. The number of amides is 1. The molecule has 150 valence electrons. The van der Waals surface area contributed by atoms with Gasteiger partial charge in [0.05, 0.1) is 17.7 Å². The van der Waals surface area contributed by atoms with E-state index in [0.717, 1.165) is 17.3 Å². The molecular formula is C22H19BrFNO4. The van der Waals surface area contributed by atoms with E-state index in [4.69, 9.17) is 4.74 Å². The minimum atomic E-state index is -0.802. The van der Waals surface area contributed by atoms with Crippen LogP contribution >= 0.6 is 15.9 Å². The number of nitrogens with zero attached hydrogens (tertiary/aromatic N) is 1. The Morgan fingerprint density at radius 3 is 2.45 bits per heavy atom. The lowest BCUT2D eigenvalue weighted by molar-refractivity contribution is -0.140. The summed E-state index contributed by atoms with van der Waals surface area (Å²) >= 11 is 3.34. The summed E-state index contributed by atoms with van der Waals surface area (Å²) in [5.41, 5.74) is 0.986. The molecule has 0 aromatic heterocycles. The number of rotatable bonds is 4. The fourth-order valence-corrected chi connectivity index (χ4v) is 4.10. The molecule has 5 nitrogen and oxygen atoms in total. The summed E-state index contributed by atoms with van der Waals surface area (Å²) in [6.07, 6.45) is 1.53. The summed E-state index contributed by atoms with van der Waals surface area (Å²) in [7, 11) is 0. The molecule has 2 aromatic carbocycles. The van der Waals surface area contributed by atoms with E-state index in [1.54, 1.807) is 24.3 Å². The second-order valence-corrected chi connectivity index (χ2v) is 8.06. The van der Waals surface area contributed by atoms with Gasteiger partial charge in [-0.05, 0) is 42.7 Å². The average molecular weight is 460 g/mol. The summed E-state index contributed by atoms with van der Waals surface area (Å²) in [6.45, 7) is 0.860. The molecule has 0 unspecified atom stereocenters. The van der Waals surface area contributed by atoms with Crippen LogP contribution in [0.25, 0.3) is 5.76 Å². The number of ketones is 1. The maximum atomic E-state index is 13.5. The third kappa shape index (κ3) is 3.84. The minimum absolute atomic E-state index is 0.00178. The van der Waals surface area contributed by atoms with Gasteiger partial charge in [-0.3, -0.25) is 9.59 Å². The third-order valence-electron chi connectivity index (χ3n) is 5.27. The number of halogens is 2. The van der Waals surface area contributed by atoms with E-state index < -0.39 is 23.5 Å². The Morgan fingerprint density at radius 1 is 1.14 bits per heavy atom. The van der Waals surface area contributed by atoms with Gasteiger partial charge in [0.25, 0.3) is 11.7 Å². The third-order valence-corrected chi connectivity index (χ3v) is 5.80. The van der Waals surface area contributed by atoms with Gasteiger partial charge in [0, 0.05) is 23.2 Å². The van der Waals surface area contributed by atoms with Crippen molar-refractivity contribution in [1.82, 2.24) is 4.90 Å². The molecule has 0 saturated carbocycles. The second kappa shape index (κ2) is 8.08. The maximum Gasteiger partial charge on any atom is 0.295 e. The van der Waals surface area contributed by atoms with E-state index in [2.05, 4.69) is 15.9 Å². The van der Waals surface area contributed by atoms with Crippen molar-refractivity contribution in [3.8, 4) is 0 Å². The van der Waals surface area contributed by atoms with Crippen molar-refractivity contribution in [1.29, 1.82) is 0 Å². The highest BCUT2D eigenvalue weighted by Gasteiger charge is 2.47. The van der Waals surface area contributed by atoms with E-state index in [1.165, 1.54) is 29.2 Å². The summed E-state index contributed by atoms with van der Waals surface area (Å²) < 4.78 is 19.9. The number of carbonyl (C=O) groups is 2. The molecule has 2 fully saturated rings. The zero-order valence-corrected chi connectivity index (χ0v) is 17.1. The van der Waals surface area contributed by atoms with Crippen molar-refractivity contribution in [3.05, 3.63) is 75.5 Å².